The molecule has 1 heterocycles. The molecule has 2 N–H and O–H groups in total. The van der Waals surface area contributed by atoms with Crippen molar-refractivity contribution in [3.63, 3.8) is 0 Å². The SMILES string of the molecule is CCCCN(CC)S(=O)(=O)c1ccc2[nH]c(=O)cc(C(=O)NCc3ccc(CC)cc3)c2c1. The molecule has 0 aliphatic rings. The number of carbonyl (C=O) groups is 1. The van der Waals surface area contributed by atoms with Crippen LogP contribution in [0.3, 0.4) is 0 Å². The van der Waals surface area contributed by atoms with E-state index in [1.165, 1.54) is 34.1 Å². The molecule has 3 rings (SSSR count). The molecule has 0 radical (unpaired) electrons. The zero-order chi connectivity index (χ0) is 24.0. The smallest absolute Gasteiger partial charge is 0.252 e. The number of pyridine rings is 1. The summed E-state index contributed by atoms with van der Waals surface area (Å²) in [4.78, 5) is 27.9. The fourth-order valence-electron chi connectivity index (χ4n) is 3.68. The standard InChI is InChI=1S/C25H31N3O4S/c1-4-7-14-28(6-3)33(31,32)20-12-13-23-21(15-20)22(16-24(29)27-23)25(30)26-17-19-10-8-18(5-2)9-11-19/h8-13,15-16H,4-7,14,17H2,1-3H3,(H,26,30)(H,27,29). The number of aromatic nitrogens is 1. The Hall–Kier alpha value is -2.97. The molecule has 8 heteroatoms. The quantitative estimate of drug-likeness (QED) is 0.471. The Labute approximate surface area is 194 Å². The van der Waals surface area contributed by atoms with Gasteiger partial charge in [-0.3, -0.25) is 9.59 Å². The van der Waals surface area contributed by atoms with Crippen molar-refractivity contribution >= 4 is 26.8 Å². The van der Waals surface area contributed by atoms with Gasteiger partial charge in [-0.05, 0) is 42.2 Å². The monoisotopic (exact) mass is 469 g/mol. The van der Waals surface area contributed by atoms with E-state index >= 15 is 0 Å². The van der Waals surface area contributed by atoms with E-state index in [2.05, 4.69) is 17.2 Å². The van der Waals surface area contributed by atoms with Crippen LogP contribution >= 0.6 is 0 Å². The van der Waals surface area contributed by atoms with E-state index in [0.717, 1.165) is 24.8 Å². The number of amides is 1. The van der Waals surface area contributed by atoms with Gasteiger partial charge in [0.1, 0.15) is 0 Å². The zero-order valence-corrected chi connectivity index (χ0v) is 20.2. The molecule has 0 aliphatic heterocycles. The number of hydrogen-bond donors (Lipinski definition) is 2. The van der Waals surface area contributed by atoms with E-state index in [-0.39, 0.29) is 10.5 Å². The molecule has 0 fully saturated rings. The molecule has 33 heavy (non-hydrogen) atoms. The summed E-state index contributed by atoms with van der Waals surface area (Å²) in [5, 5.41) is 3.23. The van der Waals surface area contributed by atoms with Gasteiger partial charge in [0, 0.05) is 36.6 Å². The lowest BCUT2D eigenvalue weighted by Gasteiger charge is -2.20. The zero-order valence-electron chi connectivity index (χ0n) is 19.3. The summed E-state index contributed by atoms with van der Waals surface area (Å²) >= 11 is 0. The van der Waals surface area contributed by atoms with E-state index in [1.807, 2.05) is 31.2 Å². The molecule has 0 saturated heterocycles. The molecule has 2 aromatic carbocycles. The summed E-state index contributed by atoms with van der Waals surface area (Å²) < 4.78 is 27.8. The first-order chi connectivity index (χ1) is 15.8. The molecule has 0 unspecified atom stereocenters. The topological polar surface area (TPSA) is 99.3 Å². The number of benzene rings is 2. The highest BCUT2D eigenvalue weighted by molar-refractivity contribution is 7.89. The summed E-state index contributed by atoms with van der Waals surface area (Å²) in [5.41, 5.74) is 2.28. The predicted molar refractivity (Wildman–Crippen MR) is 131 cm³/mol. The van der Waals surface area contributed by atoms with Crippen molar-refractivity contribution in [1.82, 2.24) is 14.6 Å². The lowest BCUT2D eigenvalue weighted by molar-refractivity contribution is 0.0952. The predicted octanol–water partition coefficient (Wildman–Crippen LogP) is 3.83. The molecular weight excluding hydrogens is 438 g/mol. The highest BCUT2D eigenvalue weighted by Crippen LogP contribution is 2.23. The minimum Gasteiger partial charge on any atom is -0.348 e. The fourth-order valence-corrected chi connectivity index (χ4v) is 5.20. The Balaban J connectivity index is 1.94. The Bertz CT molecular complexity index is 1280. The molecule has 7 nitrogen and oxygen atoms in total. The summed E-state index contributed by atoms with van der Waals surface area (Å²) in [5.74, 6) is -0.432. The number of nitrogens with one attached hydrogen (secondary N) is 2. The van der Waals surface area contributed by atoms with Gasteiger partial charge in [-0.1, -0.05) is 51.5 Å². The number of nitrogens with zero attached hydrogens (tertiary/aromatic N) is 1. The van der Waals surface area contributed by atoms with Gasteiger partial charge in [-0.15, -0.1) is 0 Å². The van der Waals surface area contributed by atoms with Crippen LogP contribution in [0.2, 0.25) is 0 Å². The summed E-state index contributed by atoms with van der Waals surface area (Å²) in [6.45, 7) is 6.98. The second kappa shape index (κ2) is 10.8. The Morgan fingerprint density at radius 1 is 1.00 bits per heavy atom. The number of aryl methyl sites for hydroxylation is 1. The normalized spacial score (nSPS) is 11.8. The maximum Gasteiger partial charge on any atom is 0.252 e. The van der Waals surface area contributed by atoms with Crippen molar-refractivity contribution in [2.24, 2.45) is 0 Å². The molecule has 1 aromatic heterocycles. The lowest BCUT2D eigenvalue weighted by Crippen LogP contribution is -2.32. The highest BCUT2D eigenvalue weighted by Gasteiger charge is 2.24. The van der Waals surface area contributed by atoms with Gasteiger partial charge in [0.25, 0.3) is 5.91 Å². The third-order valence-electron chi connectivity index (χ3n) is 5.69. The average Bonchev–Trinajstić information content (AvgIpc) is 2.82. The van der Waals surface area contributed by atoms with Gasteiger partial charge >= 0.3 is 0 Å². The molecule has 0 bridgehead atoms. The van der Waals surface area contributed by atoms with Gasteiger partial charge < -0.3 is 10.3 Å². The number of hydrogen-bond acceptors (Lipinski definition) is 4. The van der Waals surface area contributed by atoms with Crippen LogP contribution in [0.25, 0.3) is 10.9 Å². The van der Waals surface area contributed by atoms with E-state index in [9.17, 15) is 18.0 Å². The van der Waals surface area contributed by atoms with Crippen molar-refractivity contribution in [1.29, 1.82) is 0 Å². The number of carbonyl (C=O) groups excluding carboxylic acids is 1. The Morgan fingerprint density at radius 3 is 2.33 bits per heavy atom. The van der Waals surface area contributed by atoms with Gasteiger partial charge in [-0.2, -0.15) is 4.31 Å². The average molecular weight is 470 g/mol. The molecule has 0 aliphatic carbocycles. The molecular formula is C25H31N3O4S. The van der Waals surface area contributed by atoms with Gasteiger partial charge in [0.15, 0.2) is 0 Å². The molecule has 1 amide bonds. The molecule has 0 saturated carbocycles. The van der Waals surface area contributed by atoms with Gasteiger partial charge in [0.2, 0.25) is 15.6 Å². The number of rotatable bonds is 10. The van der Waals surface area contributed by atoms with Crippen LogP contribution in [0.4, 0.5) is 0 Å². The number of H-pyrrole nitrogens is 1. The fraction of sp³-hybridized carbons (Fsp3) is 0.360. The maximum absolute atomic E-state index is 13.2. The summed E-state index contributed by atoms with van der Waals surface area (Å²) in [6.07, 6.45) is 2.59. The third-order valence-corrected chi connectivity index (χ3v) is 7.67. The minimum atomic E-state index is -3.72. The minimum absolute atomic E-state index is 0.101. The second-order valence-electron chi connectivity index (χ2n) is 7.96. The van der Waals surface area contributed by atoms with Crippen molar-refractivity contribution in [2.75, 3.05) is 13.1 Å². The van der Waals surface area contributed by atoms with E-state index in [1.54, 1.807) is 6.92 Å². The van der Waals surface area contributed by atoms with Crippen LogP contribution in [0.5, 0.6) is 0 Å². The van der Waals surface area contributed by atoms with Crippen LogP contribution < -0.4 is 10.9 Å². The van der Waals surface area contributed by atoms with Gasteiger partial charge in [-0.25, -0.2) is 8.42 Å². The van der Waals surface area contributed by atoms with Crippen molar-refractivity contribution in [3.05, 3.63) is 75.6 Å². The van der Waals surface area contributed by atoms with Crippen LogP contribution in [0.15, 0.2) is 58.2 Å². The molecule has 0 atom stereocenters. The van der Waals surface area contributed by atoms with E-state index in [0.29, 0.717) is 30.5 Å². The van der Waals surface area contributed by atoms with Crippen LogP contribution in [0.1, 0.15) is 55.1 Å². The first-order valence-electron chi connectivity index (χ1n) is 11.3. The molecule has 3 aromatic rings. The van der Waals surface area contributed by atoms with Crippen molar-refractivity contribution in [3.8, 4) is 0 Å². The van der Waals surface area contributed by atoms with E-state index in [4.69, 9.17) is 0 Å². The number of unbranched alkanes of at least 4 members (excludes halogenated alkanes) is 1. The summed E-state index contributed by atoms with van der Waals surface area (Å²) in [7, 11) is -3.72. The highest BCUT2D eigenvalue weighted by atomic mass is 32.2. The Morgan fingerprint density at radius 2 is 1.70 bits per heavy atom. The van der Waals surface area contributed by atoms with Crippen molar-refractivity contribution in [2.45, 2.75) is 51.5 Å². The molecule has 0 spiro atoms. The van der Waals surface area contributed by atoms with Crippen LogP contribution in [0, 0.1) is 0 Å². The second-order valence-corrected chi connectivity index (χ2v) is 9.90. The first-order valence-corrected chi connectivity index (χ1v) is 12.8. The van der Waals surface area contributed by atoms with Crippen LogP contribution in [-0.2, 0) is 23.0 Å². The maximum atomic E-state index is 13.2. The summed E-state index contributed by atoms with van der Waals surface area (Å²) in [6, 6.07) is 13.6. The number of fused-ring (bicyclic) bond motifs is 1. The molecule has 176 valence electrons. The van der Waals surface area contributed by atoms with E-state index < -0.39 is 21.5 Å². The lowest BCUT2D eigenvalue weighted by atomic mass is 10.1. The van der Waals surface area contributed by atoms with Crippen LogP contribution in [-0.4, -0.2) is 36.7 Å². The Kier molecular flexibility index (Phi) is 8.05. The number of sulfonamides is 1. The van der Waals surface area contributed by atoms with Gasteiger partial charge in [0.05, 0.1) is 10.5 Å². The largest absolute Gasteiger partial charge is 0.348 e. The third kappa shape index (κ3) is 5.69. The first kappa shape index (κ1) is 24.7. The van der Waals surface area contributed by atoms with Crippen molar-refractivity contribution < 1.29 is 13.2 Å². The number of aromatic amines is 1.